The van der Waals surface area contributed by atoms with Gasteiger partial charge in [-0.2, -0.15) is 0 Å². The highest BCUT2D eigenvalue weighted by Gasteiger charge is 2.45. The van der Waals surface area contributed by atoms with Gasteiger partial charge in [-0.25, -0.2) is 8.42 Å². The van der Waals surface area contributed by atoms with Crippen molar-refractivity contribution in [3.63, 3.8) is 0 Å². The summed E-state index contributed by atoms with van der Waals surface area (Å²) in [6, 6.07) is 0. The summed E-state index contributed by atoms with van der Waals surface area (Å²) in [5.41, 5.74) is -0.240. The third-order valence-electron chi connectivity index (χ3n) is 3.44. The normalized spacial score (nSPS) is 36.2. The highest BCUT2D eigenvalue weighted by atomic mass is 32.2. The Bertz CT molecular complexity index is 346. The first-order valence-electron chi connectivity index (χ1n) is 5.65. The largest absolute Gasteiger partial charge is 0.430 e. The molecule has 1 saturated heterocycles. The summed E-state index contributed by atoms with van der Waals surface area (Å²) in [5, 5.41) is -0.457. The van der Waals surface area contributed by atoms with Crippen LogP contribution >= 0.6 is 0 Å². The Labute approximate surface area is 99.1 Å². The summed E-state index contributed by atoms with van der Waals surface area (Å²) < 4.78 is 29.1. The molecule has 1 heterocycles. The SMILES string of the molecule is CC1CS(=O)(=O)C(C)C1OC(C)[Si](C)(C)O. The summed E-state index contributed by atoms with van der Waals surface area (Å²) in [6.07, 6.45) is -0.279. The molecule has 0 radical (unpaired) electrons. The van der Waals surface area contributed by atoms with Crippen LogP contribution in [0.4, 0.5) is 0 Å². The molecule has 1 N–H and O–H groups in total. The molecule has 0 saturated carbocycles. The van der Waals surface area contributed by atoms with Crippen LogP contribution in [0.3, 0.4) is 0 Å². The zero-order chi connectivity index (χ0) is 12.7. The number of hydrogen-bond acceptors (Lipinski definition) is 4. The predicted octanol–water partition coefficient (Wildman–Crippen LogP) is 0.950. The first kappa shape index (κ1) is 14.1. The molecule has 0 amide bonds. The monoisotopic (exact) mass is 266 g/mol. The quantitative estimate of drug-likeness (QED) is 0.773. The van der Waals surface area contributed by atoms with E-state index in [9.17, 15) is 13.2 Å². The van der Waals surface area contributed by atoms with Gasteiger partial charge in [0.05, 0.1) is 22.8 Å². The lowest BCUT2D eigenvalue weighted by Crippen LogP contribution is -2.45. The third-order valence-corrected chi connectivity index (χ3v) is 7.96. The van der Waals surface area contributed by atoms with E-state index in [-0.39, 0.29) is 23.5 Å². The molecule has 0 spiro atoms. The lowest BCUT2D eigenvalue weighted by Gasteiger charge is -2.29. The van der Waals surface area contributed by atoms with Gasteiger partial charge in [-0.3, -0.25) is 0 Å². The zero-order valence-corrected chi connectivity index (χ0v) is 12.4. The minimum Gasteiger partial charge on any atom is -0.430 e. The number of hydrogen-bond donors (Lipinski definition) is 1. The second-order valence-electron chi connectivity index (χ2n) is 5.41. The summed E-state index contributed by atoms with van der Waals surface area (Å²) in [5.74, 6) is 0.206. The van der Waals surface area contributed by atoms with Gasteiger partial charge in [-0.05, 0) is 32.9 Å². The minimum atomic E-state index is -3.01. The molecule has 1 aliphatic rings. The molecule has 6 heteroatoms. The molecule has 0 aromatic carbocycles. The van der Waals surface area contributed by atoms with Crippen LogP contribution in [0.15, 0.2) is 0 Å². The Balaban J connectivity index is 2.76. The topological polar surface area (TPSA) is 63.6 Å². The van der Waals surface area contributed by atoms with Crippen LogP contribution in [-0.4, -0.2) is 44.4 Å². The van der Waals surface area contributed by atoms with Gasteiger partial charge >= 0.3 is 0 Å². The average molecular weight is 266 g/mol. The first-order valence-corrected chi connectivity index (χ1v) is 10.4. The molecule has 96 valence electrons. The highest BCUT2D eigenvalue weighted by Crippen LogP contribution is 2.30. The molecule has 4 atom stereocenters. The number of rotatable bonds is 3. The smallest absolute Gasteiger partial charge is 0.210 e. The van der Waals surface area contributed by atoms with Crippen molar-refractivity contribution in [3.05, 3.63) is 0 Å². The number of ether oxygens (including phenoxy) is 1. The lowest BCUT2D eigenvalue weighted by atomic mass is 10.1. The number of sulfone groups is 1. The van der Waals surface area contributed by atoms with E-state index in [2.05, 4.69) is 0 Å². The van der Waals surface area contributed by atoms with E-state index in [1.165, 1.54) is 0 Å². The second-order valence-corrected chi connectivity index (χ2v) is 11.9. The molecule has 1 fully saturated rings. The first-order chi connectivity index (χ1) is 7.05. The van der Waals surface area contributed by atoms with Crippen LogP contribution in [0.25, 0.3) is 0 Å². The summed E-state index contributed by atoms with van der Waals surface area (Å²) in [7, 11) is -5.36. The van der Waals surface area contributed by atoms with Gasteiger partial charge in [0.2, 0.25) is 8.32 Å². The molecule has 1 rings (SSSR count). The minimum absolute atomic E-state index is 0.0128. The molecular weight excluding hydrogens is 244 g/mol. The van der Waals surface area contributed by atoms with Gasteiger partial charge in [0.15, 0.2) is 9.84 Å². The van der Waals surface area contributed by atoms with Crippen LogP contribution in [0.5, 0.6) is 0 Å². The van der Waals surface area contributed by atoms with E-state index in [1.807, 2.05) is 13.8 Å². The van der Waals surface area contributed by atoms with Crippen LogP contribution in [-0.2, 0) is 14.6 Å². The molecule has 16 heavy (non-hydrogen) atoms. The highest BCUT2D eigenvalue weighted by molar-refractivity contribution is 7.92. The Kier molecular flexibility index (Phi) is 3.89. The molecule has 0 bridgehead atoms. The summed E-state index contributed by atoms with van der Waals surface area (Å²) in [6.45, 7) is 9.02. The maximum atomic E-state index is 11.7. The molecule has 1 aliphatic heterocycles. The Morgan fingerprint density at radius 2 is 1.88 bits per heavy atom. The average Bonchev–Trinajstić information content (AvgIpc) is 2.26. The standard InChI is InChI=1S/C10H22O4SSi/c1-7-6-15(11,12)8(2)10(7)14-9(3)16(4,5)13/h7-10,13H,6H2,1-5H3. The van der Waals surface area contributed by atoms with E-state index in [0.29, 0.717) is 0 Å². The van der Waals surface area contributed by atoms with Gasteiger partial charge in [0.1, 0.15) is 0 Å². The predicted molar refractivity (Wildman–Crippen MR) is 66.4 cm³/mol. The van der Waals surface area contributed by atoms with Crippen LogP contribution in [0, 0.1) is 5.92 Å². The van der Waals surface area contributed by atoms with E-state index < -0.39 is 23.4 Å². The molecule has 4 unspecified atom stereocenters. The summed E-state index contributed by atoms with van der Waals surface area (Å²) in [4.78, 5) is 9.91. The fourth-order valence-electron chi connectivity index (χ4n) is 1.93. The fraction of sp³-hybridized carbons (Fsp3) is 1.00. The van der Waals surface area contributed by atoms with Crippen molar-refractivity contribution in [3.8, 4) is 0 Å². The van der Waals surface area contributed by atoms with E-state index >= 15 is 0 Å². The van der Waals surface area contributed by atoms with Crippen molar-refractivity contribution < 1.29 is 18.0 Å². The molecule has 0 aromatic heterocycles. The van der Waals surface area contributed by atoms with Crippen molar-refractivity contribution in [1.29, 1.82) is 0 Å². The van der Waals surface area contributed by atoms with Crippen molar-refractivity contribution in [2.24, 2.45) is 5.92 Å². The van der Waals surface area contributed by atoms with Crippen molar-refractivity contribution in [2.75, 3.05) is 5.75 Å². The maximum Gasteiger partial charge on any atom is 0.210 e. The van der Waals surface area contributed by atoms with Gasteiger partial charge in [0.25, 0.3) is 0 Å². The Morgan fingerprint density at radius 3 is 2.19 bits per heavy atom. The van der Waals surface area contributed by atoms with Gasteiger partial charge in [0, 0.05) is 0 Å². The van der Waals surface area contributed by atoms with Gasteiger partial charge in [-0.1, -0.05) is 6.92 Å². The zero-order valence-electron chi connectivity index (χ0n) is 10.6. The Morgan fingerprint density at radius 1 is 1.38 bits per heavy atom. The molecule has 0 aromatic rings. The third kappa shape index (κ3) is 2.85. The van der Waals surface area contributed by atoms with Crippen LogP contribution in [0.2, 0.25) is 13.1 Å². The van der Waals surface area contributed by atoms with Gasteiger partial charge in [-0.15, -0.1) is 0 Å². The molecule has 4 nitrogen and oxygen atoms in total. The van der Waals surface area contributed by atoms with E-state index in [1.54, 1.807) is 20.0 Å². The Hall–Kier alpha value is 0.0869. The maximum absolute atomic E-state index is 11.7. The second kappa shape index (κ2) is 4.40. The van der Waals surface area contributed by atoms with Gasteiger partial charge < -0.3 is 9.53 Å². The van der Waals surface area contributed by atoms with Crippen LogP contribution < -0.4 is 0 Å². The molecular formula is C10H22O4SSi. The molecule has 0 aliphatic carbocycles. The van der Waals surface area contributed by atoms with E-state index in [4.69, 9.17) is 4.74 Å². The van der Waals surface area contributed by atoms with Crippen LogP contribution in [0.1, 0.15) is 20.8 Å². The van der Waals surface area contributed by atoms with Crippen molar-refractivity contribution in [1.82, 2.24) is 0 Å². The summed E-state index contributed by atoms with van der Waals surface area (Å²) >= 11 is 0. The fourth-order valence-corrected chi connectivity index (χ4v) is 4.38. The lowest BCUT2D eigenvalue weighted by molar-refractivity contribution is 0.00687. The van der Waals surface area contributed by atoms with E-state index in [0.717, 1.165) is 0 Å². The van der Waals surface area contributed by atoms with Crippen molar-refractivity contribution in [2.45, 2.75) is 50.9 Å². The van der Waals surface area contributed by atoms with Crippen molar-refractivity contribution >= 4 is 18.2 Å².